The SMILES string of the molecule is CC(C)CC(C(=O)NCc1ccc(Cl)cc1)n1nnnc1C(N)CCCCB(O)O. The first-order valence-electron chi connectivity index (χ1n) is 10.2. The van der Waals surface area contributed by atoms with E-state index in [9.17, 15) is 4.79 Å². The predicted octanol–water partition coefficient (Wildman–Crippen LogP) is 1.87. The Kier molecular flexibility index (Phi) is 9.70. The average molecular weight is 437 g/mol. The van der Waals surface area contributed by atoms with E-state index in [0.717, 1.165) is 5.56 Å². The number of nitrogens with two attached hydrogens (primary N) is 1. The van der Waals surface area contributed by atoms with Crippen LogP contribution < -0.4 is 11.1 Å². The second kappa shape index (κ2) is 12.0. The number of unbranched alkanes of at least 4 members (excludes halogenated alkanes) is 1. The van der Waals surface area contributed by atoms with Crippen molar-refractivity contribution in [1.29, 1.82) is 0 Å². The first-order chi connectivity index (χ1) is 14.3. The van der Waals surface area contributed by atoms with Gasteiger partial charge in [-0.2, -0.15) is 0 Å². The van der Waals surface area contributed by atoms with Crippen LogP contribution in [0.2, 0.25) is 11.3 Å². The van der Waals surface area contributed by atoms with E-state index in [1.807, 2.05) is 26.0 Å². The molecule has 1 heterocycles. The fraction of sp³-hybridized carbons (Fsp3) is 0.579. The van der Waals surface area contributed by atoms with Crippen molar-refractivity contribution in [3.8, 4) is 0 Å². The van der Waals surface area contributed by atoms with Crippen molar-refractivity contribution >= 4 is 24.6 Å². The largest absolute Gasteiger partial charge is 0.451 e. The van der Waals surface area contributed by atoms with Gasteiger partial charge in [-0.05, 0) is 53.2 Å². The highest BCUT2D eigenvalue weighted by molar-refractivity contribution is 6.40. The number of benzene rings is 1. The number of hydrogen-bond donors (Lipinski definition) is 4. The number of aromatic nitrogens is 4. The molecular formula is C19H30BClN6O3. The van der Waals surface area contributed by atoms with Gasteiger partial charge < -0.3 is 21.1 Å². The van der Waals surface area contributed by atoms with Gasteiger partial charge in [-0.25, -0.2) is 4.68 Å². The Hall–Kier alpha value is -2.01. The third-order valence-corrected chi connectivity index (χ3v) is 5.00. The normalized spacial score (nSPS) is 13.3. The molecule has 0 aliphatic carbocycles. The van der Waals surface area contributed by atoms with Crippen molar-refractivity contribution in [2.75, 3.05) is 0 Å². The van der Waals surface area contributed by atoms with Gasteiger partial charge in [-0.1, -0.05) is 50.4 Å². The van der Waals surface area contributed by atoms with Gasteiger partial charge in [0.1, 0.15) is 6.04 Å². The number of nitrogens with one attached hydrogen (secondary N) is 1. The minimum Gasteiger partial charge on any atom is -0.427 e. The maximum Gasteiger partial charge on any atom is 0.451 e. The highest BCUT2D eigenvalue weighted by Gasteiger charge is 2.28. The maximum absolute atomic E-state index is 13.0. The zero-order chi connectivity index (χ0) is 22.1. The number of carbonyl (C=O) groups excluding carboxylic acids is 1. The van der Waals surface area contributed by atoms with Gasteiger partial charge in [0.2, 0.25) is 5.91 Å². The molecule has 0 aliphatic rings. The van der Waals surface area contributed by atoms with E-state index in [4.69, 9.17) is 27.4 Å². The molecule has 2 rings (SSSR count). The van der Waals surface area contributed by atoms with Crippen LogP contribution in [-0.2, 0) is 11.3 Å². The first-order valence-corrected chi connectivity index (χ1v) is 10.6. The fourth-order valence-corrected chi connectivity index (χ4v) is 3.29. The summed E-state index contributed by atoms with van der Waals surface area (Å²) < 4.78 is 1.52. The van der Waals surface area contributed by atoms with Gasteiger partial charge in [-0.3, -0.25) is 4.79 Å². The van der Waals surface area contributed by atoms with Crippen molar-refractivity contribution in [1.82, 2.24) is 25.5 Å². The second-order valence-corrected chi connectivity index (χ2v) is 8.28. The van der Waals surface area contributed by atoms with Gasteiger partial charge in [0.05, 0.1) is 6.04 Å². The van der Waals surface area contributed by atoms with Crippen LogP contribution in [0.4, 0.5) is 0 Å². The van der Waals surface area contributed by atoms with E-state index in [0.29, 0.717) is 49.4 Å². The molecule has 5 N–H and O–H groups in total. The molecule has 0 saturated carbocycles. The number of hydrogen-bond acceptors (Lipinski definition) is 7. The molecule has 0 radical (unpaired) electrons. The molecule has 1 amide bonds. The van der Waals surface area contributed by atoms with E-state index in [1.54, 1.807) is 12.1 Å². The molecule has 11 heteroatoms. The van der Waals surface area contributed by atoms with Gasteiger partial charge in [-0.15, -0.1) is 5.10 Å². The minimum atomic E-state index is -1.31. The highest BCUT2D eigenvalue weighted by atomic mass is 35.5. The topological polar surface area (TPSA) is 139 Å². The number of rotatable bonds is 12. The molecule has 2 atom stereocenters. The molecule has 0 saturated heterocycles. The van der Waals surface area contributed by atoms with Crippen LogP contribution in [0.25, 0.3) is 0 Å². The zero-order valence-corrected chi connectivity index (χ0v) is 18.2. The maximum atomic E-state index is 13.0. The van der Waals surface area contributed by atoms with Crippen molar-refractivity contribution in [3.05, 3.63) is 40.7 Å². The van der Waals surface area contributed by atoms with E-state index < -0.39 is 19.2 Å². The molecule has 0 bridgehead atoms. The number of amides is 1. The van der Waals surface area contributed by atoms with Crippen LogP contribution in [0.15, 0.2) is 24.3 Å². The van der Waals surface area contributed by atoms with Crippen LogP contribution >= 0.6 is 11.6 Å². The Bertz CT molecular complexity index is 787. The smallest absolute Gasteiger partial charge is 0.427 e. The average Bonchev–Trinajstić information content (AvgIpc) is 3.18. The highest BCUT2D eigenvalue weighted by Crippen LogP contribution is 2.23. The molecule has 30 heavy (non-hydrogen) atoms. The number of tetrazole rings is 1. The number of carbonyl (C=O) groups is 1. The Morgan fingerprint density at radius 2 is 1.97 bits per heavy atom. The van der Waals surface area contributed by atoms with Gasteiger partial charge in [0, 0.05) is 11.6 Å². The van der Waals surface area contributed by atoms with E-state index in [-0.39, 0.29) is 11.8 Å². The van der Waals surface area contributed by atoms with Gasteiger partial charge in [0.15, 0.2) is 5.82 Å². The summed E-state index contributed by atoms with van der Waals surface area (Å²) in [6, 6.07) is 6.26. The lowest BCUT2D eigenvalue weighted by Crippen LogP contribution is -2.35. The lowest BCUT2D eigenvalue weighted by molar-refractivity contribution is -0.125. The van der Waals surface area contributed by atoms with E-state index >= 15 is 0 Å². The van der Waals surface area contributed by atoms with Crippen LogP contribution in [-0.4, -0.2) is 43.3 Å². The first kappa shape index (κ1) is 24.3. The summed E-state index contributed by atoms with van der Waals surface area (Å²) in [5, 5.41) is 33.3. The summed E-state index contributed by atoms with van der Waals surface area (Å²) in [6.07, 6.45) is 2.76. The number of halogens is 1. The zero-order valence-electron chi connectivity index (χ0n) is 17.4. The Balaban J connectivity index is 2.06. The second-order valence-electron chi connectivity index (χ2n) is 7.84. The molecule has 0 aliphatic heterocycles. The molecule has 1 aromatic carbocycles. The van der Waals surface area contributed by atoms with Crippen molar-refractivity contribution in [2.45, 2.75) is 64.5 Å². The summed E-state index contributed by atoms with van der Waals surface area (Å²) in [4.78, 5) is 13.0. The van der Waals surface area contributed by atoms with Crippen molar-refractivity contribution in [3.63, 3.8) is 0 Å². The summed E-state index contributed by atoms with van der Waals surface area (Å²) in [5.41, 5.74) is 7.21. The molecule has 0 fully saturated rings. The summed E-state index contributed by atoms with van der Waals surface area (Å²) in [6.45, 7) is 4.44. The monoisotopic (exact) mass is 436 g/mol. The predicted molar refractivity (Wildman–Crippen MR) is 115 cm³/mol. The van der Waals surface area contributed by atoms with Crippen LogP contribution in [0.3, 0.4) is 0 Å². The summed E-state index contributed by atoms with van der Waals surface area (Å²) in [7, 11) is -1.31. The van der Waals surface area contributed by atoms with Crippen molar-refractivity contribution in [2.24, 2.45) is 11.7 Å². The Morgan fingerprint density at radius 1 is 1.27 bits per heavy atom. The quantitative estimate of drug-likeness (QED) is 0.294. The molecule has 1 aromatic heterocycles. The fourth-order valence-electron chi connectivity index (χ4n) is 3.16. The molecular weight excluding hydrogens is 407 g/mol. The van der Waals surface area contributed by atoms with Gasteiger partial charge >= 0.3 is 7.12 Å². The number of nitrogens with zero attached hydrogens (tertiary/aromatic N) is 4. The molecule has 2 unspecified atom stereocenters. The Morgan fingerprint density at radius 3 is 2.60 bits per heavy atom. The van der Waals surface area contributed by atoms with E-state index in [2.05, 4.69) is 20.8 Å². The summed E-state index contributed by atoms with van der Waals surface area (Å²) in [5.74, 6) is 0.519. The minimum absolute atomic E-state index is 0.178. The van der Waals surface area contributed by atoms with Gasteiger partial charge in [0.25, 0.3) is 0 Å². The Labute approximate surface area is 182 Å². The third kappa shape index (κ3) is 7.68. The third-order valence-electron chi connectivity index (χ3n) is 4.75. The van der Waals surface area contributed by atoms with Crippen LogP contribution in [0, 0.1) is 5.92 Å². The molecule has 0 spiro atoms. The molecule has 2 aromatic rings. The van der Waals surface area contributed by atoms with E-state index in [1.165, 1.54) is 4.68 Å². The molecule has 9 nitrogen and oxygen atoms in total. The van der Waals surface area contributed by atoms with Crippen LogP contribution in [0.1, 0.15) is 63.0 Å². The lowest BCUT2D eigenvalue weighted by Gasteiger charge is -2.21. The standard InChI is InChI=1S/C19H30BClN6O3/c1-13(2)11-17(19(28)23-12-14-6-8-15(21)9-7-14)27-18(24-25-26-27)16(22)5-3-4-10-20(29)30/h6-9,13,16-17,29-30H,3-5,10-12,22H2,1-2H3,(H,23,28). The summed E-state index contributed by atoms with van der Waals surface area (Å²) >= 11 is 5.91. The van der Waals surface area contributed by atoms with Crippen molar-refractivity contribution < 1.29 is 14.8 Å². The van der Waals surface area contributed by atoms with Crippen LogP contribution in [0.5, 0.6) is 0 Å². The molecule has 164 valence electrons. The lowest BCUT2D eigenvalue weighted by atomic mass is 9.83.